The molecule has 27 heavy (non-hydrogen) atoms. The SMILES string of the molecule is CCn1cc(/C=C2/SC(=S)N(c3ccc(Cl)cc3Cl)C2=O)c2ccccc21. The molecule has 0 saturated carbocycles. The van der Waals surface area contributed by atoms with Crippen molar-refractivity contribution in [2.75, 3.05) is 4.90 Å². The lowest BCUT2D eigenvalue weighted by atomic mass is 10.1. The lowest BCUT2D eigenvalue weighted by Gasteiger charge is -2.16. The molecule has 0 radical (unpaired) electrons. The molecule has 3 aromatic rings. The van der Waals surface area contributed by atoms with Crippen molar-refractivity contribution in [3.63, 3.8) is 0 Å². The van der Waals surface area contributed by atoms with Gasteiger partial charge < -0.3 is 4.57 Å². The van der Waals surface area contributed by atoms with E-state index in [9.17, 15) is 4.79 Å². The van der Waals surface area contributed by atoms with Crippen molar-refractivity contribution in [3.05, 3.63) is 69.2 Å². The molecule has 1 fully saturated rings. The molecule has 0 unspecified atom stereocenters. The predicted octanol–water partition coefficient (Wildman–Crippen LogP) is 6.37. The largest absolute Gasteiger partial charge is 0.347 e. The van der Waals surface area contributed by atoms with Crippen molar-refractivity contribution in [2.24, 2.45) is 0 Å². The second-order valence-corrected chi connectivity index (χ2v) is 8.52. The van der Waals surface area contributed by atoms with E-state index in [0.29, 0.717) is 25.0 Å². The van der Waals surface area contributed by atoms with Gasteiger partial charge in [-0.15, -0.1) is 0 Å². The summed E-state index contributed by atoms with van der Waals surface area (Å²) in [6.45, 7) is 2.95. The van der Waals surface area contributed by atoms with Crippen LogP contribution in [0.1, 0.15) is 12.5 Å². The smallest absolute Gasteiger partial charge is 0.270 e. The van der Waals surface area contributed by atoms with Crippen molar-refractivity contribution in [2.45, 2.75) is 13.5 Å². The number of carbonyl (C=O) groups is 1. The van der Waals surface area contributed by atoms with Crippen LogP contribution in [0.3, 0.4) is 0 Å². The van der Waals surface area contributed by atoms with Crippen LogP contribution in [-0.2, 0) is 11.3 Å². The van der Waals surface area contributed by atoms with E-state index in [1.807, 2.05) is 18.2 Å². The molecule has 0 spiro atoms. The van der Waals surface area contributed by atoms with Gasteiger partial charge in [0.15, 0.2) is 4.32 Å². The first-order valence-electron chi connectivity index (χ1n) is 8.30. The Balaban J connectivity index is 1.76. The Morgan fingerprint density at radius 2 is 1.96 bits per heavy atom. The van der Waals surface area contributed by atoms with Gasteiger partial charge in [0, 0.05) is 34.2 Å². The highest BCUT2D eigenvalue weighted by Crippen LogP contribution is 2.40. The number of nitrogens with zero attached hydrogens (tertiary/aromatic N) is 2. The number of para-hydroxylation sites is 1. The van der Waals surface area contributed by atoms with E-state index in [4.69, 9.17) is 35.4 Å². The number of carbonyl (C=O) groups excluding carboxylic acids is 1. The van der Waals surface area contributed by atoms with Gasteiger partial charge in [0.1, 0.15) is 0 Å². The van der Waals surface area contributed by atoms with Crippen molar-refractivity contribution in [3.8, 4) is 0 Å². The van der Waals surface area contributed by atoms with Gasteiger partial charge in [0.05, 0.1) is 15.6 Å². The monoisotopic (exact) mass is 432 g/mol. The molecule has 0 aliphatic carbocycles. The number of hydrogen-bond acceptors (Lipinski definition) is 3. The van der Waals surface area contributed by atoms with Gasteiger partial charge in [-0.1, -0.05) is 65.4 Å². The molecule has 2 heterocycles. The summed E-state index contributed by atoms with van der Waals surface area (Å²) in [6.07, 6.45) is 3.96. The molecule has 1 aliphatic rings. The van der Waals surface area contributed by atoms with Crippen LogP contribution in [0, 0.1) is 0 Å². The highest BCUT2D eigenvalue weighted by Gasteiger charge is 2.34. The fraction of sp³-hybridized carbons (Fsp3) is 0.100. The van der Waals surface area contributed by atoms with Crippen LogP contribution in [0.15, 0.2) is 53.6 Å². The Bertz CT molecular complexity index is 1120. The molecule has 1 aromatic heterocycles. The standard InChI is InChI=1S/C20H14Cl2N2OS2/c1-2-23-11-12(14-5-3-4-6-16(14)23)9-18-19(25)24(20(26)27-18)17-8-7-13(21)10-15(17)22/h3-11H,2H2,1H3/b18-9+. The number of rotatable bonds is 3. The summed E-state index contributed by atoms with van der Waals surface area (Å²) in [5, 5.41) is 2.01. The van der Waals surface area contributed by atoms with Gasteiger partial charge in [-0.2, -0.15) is 0 Å². The van der Waals surface area contributed by atoms with Crippen LogP contribution in [0.4, 0.5) is 5.69 Å². The zero-order valence-electron chi connectivity index (χ0n) is 14.3. The topological polar surface area (TPSA) is 25.2 Å². The van der Waals surface area contributed by atoms with Gasteiger partial charge in [0.25, 0.3) is 5.91 Å². The van der Waals surface area contributed by atoms with Gasteiger partial charge >= 0.3 is 0 Å². The zero-order valence-corrected chi connectivity index (χ0v) is 17.4. The number of thiocarbonyl (C=S) groups is 1. The van der Waals surface area contributed by atoms with Crippen LogP contribution in [-0.4, -0.2) is 14.8 Å². The zero-order chi connectivity index (χ0) is 19.1. The highest BCUT2D eigenvalue weighted by molar-refractivity contribution is 8.27. The fourth-order valence-corrected chi connectivity index (χ4v) is 4.90. The lowest BCUT2D eigenvalue weighted by Crippen LogP contribution is -2.27. The third kappa shape index (κ3) is 3.29. The van der Waals surface area contributed by atoms with Crippen molar-refractivity contribution in [1.82, 2.24) is 4.57 Å². The number of aryl methyl sites for hydroxylation is 1. The van der Waals surface area contributed by atoms with E-state index in [0.717, 1.165) is 23.0 Å². The van der Waals surface area contributed by atoms with Crippen molar-refractivity contribution >= 4 is 80.1 Å². The van der Waals surface area contributed by atoms with Gasteiger partial charge in [-0.3, -0.25) is 9.69 Å². The minimum absolute atomic E-state index is 0.178. The number of amides is 1. The average molecular weight is 433 g/mol. The van der Waals surface area contributed by atoms with E-state index in [1.165, 1.54) is 16.7 Å². The maximum absolute atomic E-state index is 13.0. The first kappa shape index (κ1) is 18.6. The summed E-state index contributed by atoms with van der Waals surface area (Å²) in [5.41, 5.74) is 2.68. The summed E-state index contributed by atoms with van der Waals surface area (Å²) in [7, 11) is 0. The summed E-state index contributed by atoms with van der Waals surface area (Å²) < 4.78 is 2.62. The predicted molar refractivity (Wildman–Crippen MR) is 120 cm³/mol. The second kappa shape index (κ2) is 7.32. The summed E-state index contributed by atoms with van der Waals surface area (Å²) in [4.78, 5) is 15.1. The Labute approximate surface area is 176 Å². The molecule has 136 valence electrons. The summed E-state index contributed by atoms with van der Waals surface area (Å²) in [5.74, 6) is -0.178. The molecule has 1 aliphatic heterocycles. The maximum Gasteiger partial charge on any atom is 0.270 e. The lowest BCUT2D eigenvalue weighted by molar-refractivity contribution is -0.113. The molecular weight excluding hydrogens is 419 g/mol. The molecule has 1 amide bonds. The summed E-state index contributed by atoms with van der Waals surface area (Å²) in [6, 6.07) is 13.2. The number of fused-ring (bicyclic) bond motifs is 1. The molecule has 3 nitrogen and oxygen atoms in total. The molecular formula is C20H14Cl2N2OS2. The Kier molecular flexibility index (Phi) is 5.03. The highest BCUT2D eigenvalue weighted by atomic mass is 35.5. The second-order valence-electron chi connectivity index (χ2n) is 6.00. The third-order valence-electron chi connectivity index (χ3n) is 4.39. The minimum atomic E-state index is -0.178. The summed E-state index contributed by atoms with van der Waals surface area (Å²) >= 11 is 19.0. The quantitative estimate of drug-likeness (QED) is 0.354. The molecule has 0 bridgehead atoms. The maximum atomic E-state index is 13.0. The van der Waals surface area contributed by atoms with Crippen LogP contribution in [0.25, 0.3) is 17.0 Å². The number of halogens is 2. The van der Waals surface area contributed by atoms with Crippen LogP contribution in [0.5, 0.6) is 0 Å². The first-order valence-corrected chi connectivity index (χ1v) is 10.3. The Morgan fingerprint density at radius 1 is 1.19 bits per heavy atom. The van der Waals surface area contributed by atoms with Crippen LogP contribution >= 0.6 is 47.2 Å². The Hall–Kier alpha value is -1.79. The number of aromatic nitrogens is 1. The average Bonchev–Trinajstić information content (AvgIpc) is 3.14. The first-order chi connectivity index (χ1) is 13.0. The molecule has 7 heteroatoms. The van der Waals surface area contributed by atoms with E-state index in [2.05, 4.69) is 29.8 Å². The van der Waals surface area contributed by atoms with E-state index >= 15 is 0 Å². The Morgan fingerprint density at radius 3 is 2.70 bits per heavy atom. The molecule has 0 N–H and O–H groups in total. The van der Waals surface area contributed by atoms with Gasteiger partial charge in [-0.25, -0.2) is 0 Å². The fourth-order valence-electron chi connectivity index (χ4n) is 3.13. The van der Waals surface area contributed by atoms with Crippen LogP contribution < -0.4 is 4.90 Å². The minimum Gasteiger partial charge on any atom is -0.347 e. The van der Waals surface area contributed by atoms with Gasteiger partial charge in [-0.05, 0) is 37.3 Å². The number of hydrogen-bond donors (Lipinski definition) is 0. The van der Waals surface area contributed by atoms with Crippen molar-refractivity contribution in [1.29, 1.82) is 0 Å². The number of anilines is 1. The number of benzene rings is 2. The van der Waals surface area contributed by atoms with E-state index in [-0.39, 0.29) is 5.91 Å². The molecule has 2 aromatic carbocycles. The molecule has 0 atom stereocenters. The van der Waals surface area contributed by atoms with E-state index in [1.54, 1.807) is 18.2 Å². The molecule has 1 saturated heterocycles. The number of thioether (sulfide) groups is 1. The third-order valence-corrected chi connectivity index (χ3v) is 6.23. The van der Waals surface area contributed by atoms with Crippen LogP contribution in [0.2, 0.25) is 10.0 Å². The van der Waals surface area contributed by atoms with Gasteiger partial charge in [0.2, 0.25) is 0 Å². The van der Waals surface area contributed by atoms with E-state index < -0.39 is 0 Å². The molecule has 4 rings (SSSR count). The van der Waals surface area contributed by atoms with Crippen molar-refractivity contribution < 1.29 is 4.79 Å². The normalized spacial score (nSPS) is 16.1.